The maximum atomic E-state index is 12.9. The highest BCUT2D eigenvalue weighted by Gasteiger charge is 2.34. The monoisotopic (exact) mass is 297 g/mol. The zero-order chi connectivity index (χ0) is 15.5. The van der Waals surface area contributed by atoms with Gasteiger partial charge in [0.15, 0.2) is 0 Å². The smallest absolute Gasteiger partial charge is 0.419 e. The highest BCUT2D eigenvalue weighted by molar-refractivity contribution is 5.51. The molecule has 0 saturated carbocycles. The van der Waals surface area contributed by atoms with Crippen molar-refractivity contribution < 1.29 is 17.9 Å². The first-order chi connectivity index (χ1) is 9.91. The molecule has 2 aromatic rings. The van der Waals surface area contributed by atoms with Crippen LogP contribution >= 0.6 is 0 Å². The van der Waals surface area contributed by atoms with Crippen LogP contribution in [0.3, 0.4) is 0 Å². The van der Waals surface area contributed by atoms with Gasteiger partial charge >= 0.3 is 6.18 Å². The summed E-state index contributed by atoms with van der Waals surface area (Å²) in [7, 11) is 1.48. The molecule has 0 aliphatic heterocycles. The Bertz CT molecular complexity index is 629. The van der Waals surface area contributed by atoms with Crippen LogP contribution in [0, 0.1) is 0 Å². The molecule has 21 heavy (non-hydrogen) atoms. The van der Waals surface area contributed by atoms with Crippen molar-refractivity contribution in [2.45, 2.75) is 12.7 Å². The van der Waals surface area contributed by atoms with Gasteiger partial charge in [-0.15, -0.1) is 0 Å². The quantitative estimate of drug-likeness (QED) is 0.850. The molecule has 2 rings (SSSR count). The Kier molecular flexibility index (Phi) is 4.21. The molecule has 0 unspecified atom stereocenters. The van der Waals surface area contributed by atoms with Crippen molar-refractivity contribution in [3.8, 4) is 5.75 Å². The fourth-order valence-corrected chi connectivity index (χ4v) is 1.89. The number of benzene rings is 1. The number of halogens is 3. The van der Waals surface area contributed by atoms with Gasteiger partial charge in [-0.1, -0.05) is 0 Å². The normalized spacial score (nSPS) is 11.2. The number of hydrogen-bond acceptors (Lipinski definition) is 4. The second kappa shape index (κ2) is 5.90. The SMILES string of the molecule is COc1ccc(N)cc1CNc1ncccc1C(F)(F)F. The summed E-state index contributed by atoms with van der Waals surface area (Å²) in [5.41, 5.74) is 6.01. The van der Waals surface area contributed by atoms with Gasteiger partial charge in [-0.3, -0.25) is 0 Å². The molecule has 1 aromatic carbocycles. The molecule has 0 amide bonds. The highest BCUT2D eigenvalue weighted by atomic mass is 19.4. The third kappa shape index (κ3) is 3.56. The number of methoxy groups -OCH3 is 1. The van der Waals surface area contributed by atoms with E-state index in [4.69, 9.17) is 10.5 Å². The molecule has 1 aromatic heterocycles. The lowest BCUT2D eigenvalue weighted by Gasteiger charge is -2.14. The van der Waals surface area contributed by atoms with E-state index < -0.39 is 11.7 Å². The topological polar surface area (TPSA) is 60.2 Å². The molecule has 0 aliphatic rings. The molecular weight excluding hydrogens is 283 g/mol. The molecule has 0 aliphatic carbocycles. The number of nitrogens with two attached hydrogens (primary N) is 1. The van der Waals surface area contributed by atoms with Gasteiger partial charge in [-0.25, -0.2) is 4.98 Å². The summed E-state index contributed by atoms with van der Waals surface area (Å²) in [6, 6.07) is 7.18. The Hall–Kier alpha value is -2.44. The lowest BCUT2D eigenvalue weighted by molar-refractivity contribution is -0.137. The van der Waals surface area contributed by atoms with Gasteiger partial charge in [0.05, 0.1) is 12.7 Å². The largest absolute Gasteiger partial charge is 0.496 e. The van der Waals surface area contributed by atoms with Crippen LogP contribution in [0.1, 0.15) is 11.1 Å². The van der Waals surface area contributed by atoms with E-state index in [0.29, 0.717) is 17.0 Å². The van der Waals surface area contributed by atoms with Crippen molar-refractivity contribution in [1.82, 2.24) is 4.98 Å². The average Bonchev–Trinajstić information content (AvgIpc) is 2.44. The Morgan fingerprint density at radius 1 is 1.29 bits per heavy atom. The van der Waals surface area contributed by atoms with Gasteiger partial charge in [-0.05, 0) is 30.3 Å². The van der Waals surface area contributed by atoms with Crippen molar-refractivity contribution in [2.75, 3.05) is 18.2 Å². The van der Waals surface area contributed by atoms with Crippen LogP contribution in [0.2, 0.25) is 0 Å². The van der Waals surface area contributed by atoms with Gasteiger partial charge in [0.25, 0.3) is 0 Å². The highest BCUT2D eigenvalue weighted by Crippen LogP contribution is 2.33. The number of ether oxygens (including phenoxy) is 1. The van der Waals surface area contributed by atoms with Gasteiger partial charge in [0, 0.05) is 24.0 Å². The van der Waals surface area contributed by atoms with Crippen molar-refractivity contribution in [3.63, 3.8) is 0 Å². The average molecular weight is 297 g/mol. The lowest BCUT2D eigenvalue weighted by Crippen LogP contribution is -2.12. The fraction of sp³-hybridized carbons (Fsp3) is 0.214. The number of anilines is 2. The van der Waals surface area contributed by atoms with Crippen LogP contribution in [0.4, 0.5) is 24.7 Å². The zero-order valence-corrected chi connectivity index (χ0v) is 11.2. The van der Waals surface area contributed by atoms with Crippen LogP contribution in [0.5, 0.6) is 5.75 Å². The molecule has 3 N–H and O–H groups in total. The molecule has 0 atom stereocenters. The van der Waals surface area contributed by atoms with Gasteiger partial charge in [0.1, 0.15) is 11.6 Å². The van der Waals surface area contributed by atoms with Crippen molar-refractivity contribution in [3.05, 3.63) is 47.7 Å². The minimum Gasteiger partial charge on any atom is -0.496 e. The van der Waals surface area contributed by atoms with Crippen LogP contribution < -0.4 is 15.8 Å². The molecule has 7 heteroatoms. The maximum absolute atomic E-state index is 12.9. The predicted octanol–water partition coefficient (Wildman–Crippen LogP) is 3.30. The second-order valence-corrected chi connectivity index (χ2v) is 4.32. The van der Waals surface area contributed by atoms with Gasteiger partial charge < -0.3 is 15.8 Å². The molecule has 4 nitrogen and oxygen atoms in total. The Balaban J connectivity index is 2.23. The van der Waals surface area contributed by atoms with Crippen molar-refractivity contribution >= 4 is 11.5 Å². The maximum Gasteiger partial charge on any atom is 0.419 e. The number of nitrogens with zero attached hydrogens (tertiary/aromatic N) is 1. The number of hydrogen-bond donors (Lipinski definition) is 2. The summed E-state index contributed by atoms with van der Waals surface area (Å²) in [5.74, 6) is 0.315. The number of nitrogens with one attached hydrogen (secondary N) is 1. The van der Waals surface area contributed by atoms with Crippen molar-refractivity contribution in [1.29, 1.82) is 0 Å². The Morgan fingerprint density at radius 2 is 2.05 bits per heavy atom. The van der Waals surface area contributed by atoms with Crippen LogP contribution in [-0.4, -0.2) is 12.1 Å². The van der Waals surface area contributed by atoms with Crippen LogP contribution in [0.25, 0.3) is 0 Å². The van der Waals surface area contributed by atoms with E-state index in [0.717, 1.165) is 6.07 Å². The standard InChI is InChI=1S/C14H14F3N3O/c1-21-12-5-4-10(18)7-9(12)8-20-13-11(14(15,16)17)3-2-6-19-13/h2-7H,8,18H2,1H3,(H,19,20). The van der Waals surface area contributed by atoms with E-state index in [9.17, 15) is 13.2 Å². The minimum atomic E-state index is -4.46. The third-order valence-electron chi connectivity index (χ3n) is 2.86. The van der Waals surface area contributed by atoms with E-state index in [1.165, 1.54) is 19.4 Å². The first kappa shape index (κ1) is 15.0. The molecule has 0 saturated heterocycles. The Morgan fingerprint density at radius 3 is 2.71 bits per heavy atom. The number of aromatic nitrogens is 1. The number of rotatable bonds is 4. The van der Waals surface area contributed by atoms with E-state index in [1.54, 1.807) is 18.2 Å². The van der Waals surface area contributed by atoms with Gasteiger partial charge in [-0.2, -0.15) is 13.2 Å². The molecule has 0 radical (unpaired) electrons. The fourth-order valence-electron chi connectivity index (χ4n) is 1.89. The van der Waals surface area contributed by atoms with Crippen LogP contribution in [0.15, 0.2) is 36.5 Å². The first-order valence-corrected chi connectivity index (χ1v) is 6.10. The molecule has 112 valence electrons. The summed E-state index contributed by atoms with van der Waals surface area (Å²) in [6.07, 6.45) is -3.16. The van der Waals surface area contributed by atoms with E-state index >= 15 is 0 Å². The first-order valence-electron chi connectivity index (χ1n) is 6.10. The number of pyridine rings is 1. The predicted molar refractivity (Wildman–Crippen MR) is 74.0 cm³/mol. The summed E-state index contributed by atoms with van der Waals surface area (Å²) in [4.78, 5) is 3.73. The lowest BCUT2D eigenvalue weighted by atomic mass is 10.1. The molecular formula is C14H14F3N3O. The van der Waals surface area contributed by atoms with Crippen molar-refractivity contribution in [2.24, 2.45) is 0 Å². The van der Waals surface area contributed by atoms with E-state index in [2.05, 4.69) is 10.3 Å². The molecule has 0 spiro atoms. The molecule has 0 bridgehead atoms. The second-order valence-electron chi connectivity index (χ2n) is 4.32. The summed E-state index contributed by atoms with van der Waals surface area (Å²) < 4.78 is 43.7. The number of nitrogen functional groups attached to an aromatic ring is 1. The zero-order valence-electron chi connectivity index (χ0n) is 11.2. The Labute approximate surface area is 119 Å². The molecule has 0 fully saturated rings. The molecule has 1 heterocycles. The van der Waals surface area contributed by atoms with E-state index in [1.807, 2.05) is 0 Å². The van der Waals surface area contributed by atoms with Gasteiger partial charge in [0.2, 0.25) is 0 Å². The van der Waals surface area contributed by atoms with E-state index in [-0.39, 0.29) is 12.4 Å². The minimum absolute atomic E-state index is 0.119. The van der Waals surface area contributed by atoms with Crippen LogP contribution in [-0.2, 0) is 12.7 Å². The third-order valence-corrected chi connectivity index (χ3v) is 2.86. The summed E-state index contributed by atoms with van der Waals surface area (Å²) >= 11 is 0. The summed E-state index contributed by atoms with van der Waals surface area (Å²) in [5, 5.41) is 2.67. The number of alkyl halides is 3. The summed E-state index contributed by atoms with van der Waals surface area (Å²) in [6.45, 7) is 0.119.